The van der Waals surface area contributed by atoms with Crippen molar-refractivity contribution in [2.24, 2.45) is 0 Å². The Morgan fingerprint density at radius 2 is 1.86 bits per heavy atom. The SMILES string of the molecule is CO[C@H]1O[C@@H]2CO[C@@H](c3ccccc3)O[C@H]2[C@H](OC)[C@H]1O. The fourth-order valence-corrected chi connectivity index (χ4v) is 2.81. The molecule has 0 bridgehead atoms. The third-order valence-corrected chi connectivity index (χ3v) is 3.88. The van der Waals surface area contributed by atoms with Crippen LogP contribution in [0.3, 0.4) is 0 Å². The highest BCUT2D eigenvalue weighted by atomic mass is 16.8. The summed E-state index contributed by atoms with van der Waals surface area (Å²) in [6.07, 6.45) is -3.39. The molecule has 21 heavy (non-hydrogen) atoms. The van der Waals surface area contributed by atoms with E-state index in [1.807, 2.05) is 30.3 Å². The van der Waals surface area contributed by atoms with Crippen LogP contribution in [0.1, 0.15) is 11.9 Å². The maximum atomic E-state index is 10.2. The average Bonchev–Trinajstić information content (AvgIpc) is 2.54. The van der Waals surface area contributed by atoms with Gasteiger partial charge in [0.25, 0.3) is 0 Å². The van der Waals surface area contributed by atoms with Gasteiger partial charge in [0.15, 0.2) is 12.6 Å². The van der Waals surface area contributed by atoms with Crippen molar-refractivity contribution < 1.29 is 28.8 Å². The van der Waals surface area contributed by atoms with Gasteiger partial charge in [-0.3, -0.25) is 0 Å². The van der Waals surface area contributed by atoms with Crippen LogP contribution >= 0.6 is 0 Å². The lowest BCUT2D eigenvalue weighted by Crippen LogP contribution is -2.62. The Kier molecular flexibility index (Phi) is 4.54. The molecule has 0 aliphatic carbocycles. The van der Waals surface area contributed by atoms with Gasteiger partial charge in [-0.05, 0) is 0 Å². The molecule has 6 heteroatoms. The van der Waals surface area contributed by atoms with E-state index in [0.717, 1.165) is 5.56 Å². The minimum Gasteiger partial charge on any atom is -0.385 e. The zero-order chi connectivity index (χ0) is 14.8. The van der Waals surface area contributed by atoms with Crippen LogP contribution in [0.2, 0.25) is 0 Å². The number of hydrogen-bond donors (Lipinski definition) is 1. The Hall–Kier alpha value is -1.02. The molecule has 0 aromatic heterocycles. The lowest BCUT2D eigenvalue weighted by atomic mass is 9.97. The second-order valence-electron chi connectivity index (χ2n) is 5.15. The predicted octanol–water partition coefficient (Wildman–Crippen LogP) is 0.848. The van der Waals surface area contributed by atoms with Crippen LogP contribution < -0.4 is 0 Å². The first kappa shape index (κ1) is 14.9. The summed E-state index contributed by atoms with van der Waals surface area (Å²) in [5, 5.41) is 10.2. The molecule has 0 amide bonds. The quantitative estimate of drug-likeness (QED) is 0.892. The van der Waals surface area contributed by atoms with E-state index >= 15 is 0 Å². The molecule has 2 heterocycles. The van der Waals surface area contributed by atoms with Crippen LogP contribution in [0.4, 0.5) is 0 Å². The first-order chi connectivity index (χ1) is 10.2. The summed E-state index contributed by atoms with van der Waals surface area (Å²) in [6, 6.07) is 9.66. The second-order valence-corrected chi connectivity index (χ2v) is 5.15. The molecule has 6 atom stereocenters. The molecular weight excluding hydrogens is 276 g/mol. The lowest BCUT2D eigenvalue weighted by Gasteiger charge is -2.47. The summed E-state index contributed by atoms with van der Waals surface area (Å²) < 4.78 is 27.9. The van der Waals surface area contributed by atoms with Crippen molar-refractivity contribution in [3.63, 3.8) is 0 Å². The molecule has 0 spiro atoms. The van der Waals surface area contributed by atoms with Gasteiger partial charge >= 0.3 is 0 Å². The van der Waals surface area contributed by atoms with E-state index in [1.54, 1.807) is 7.11 Å². The standard InChI is InChI=1S/C15H20O6/c1-17-13-11(16)15(18-2)20-10-8-19-14(21-12(10)13)9-6-4-3-5-7-9/h3-7,10-16H,8H2,1-2H3/t10-,11-,12-,13-,14-,15+/m1/s1. The summed E-state index contributed by atoms with van der Waals surface area (Å²) in [7, 11) is 3.03. The Morgan fingerprint density at radius 3 is 2.52 bits per heavy atom. The molecule has 6 nitrogen and oxygen atoms in total. The minimum absolute atomic E-state index is 0.330. The van der Waals surface area contributed by atoms with Crippen LogP contribution in [-0.4, -0.2) is 56.6 Å². The van der Waals surface area contributed by atoms with Gasteiger partial charge in [-0.25, -0.2) is 0 Å². The van der Waals surface area contributed by atoms with Crippen LogP contribution in [0.5, 0.6) is 0 Å². The summed E-state index contributed by atoms with van der Waals surface area (Å²) in [6.45, 7) is 0.358. The fraction of sp³-hybridized carbons (Fsp3) is 0.600. The minimum atomic E-state index is -0.907. The van der Waals surface area contributed by atoms with Crippen molar-refractivity contribution in [2.75, 3.05) is 20.8 Å². The van der Waals surface area contributed by atoms with E-state index in [-0.39, 0.29) is 6.10 Å². The summed E-state index contributed by atoms with van der Waals surface area (Å²) in [5.74, 6) is 0. The molecule has 1 N–H and O–H groups in total. The summed E-state index contributed by atoms with van der Waals surface area (Å²) in [5.41, 5.74) is 0.925. The molecule has 116 valence electrons. The number of benzene rings is 1. The molecule has 2 fully saturated rings. The topological polar surface area (TPSA) is 66.4 Å². The van der Waals surface area contributed by atoms with E-state index in [1.165, 1.54) is 7.11 Å². The van der Waals surface area contributed by atoms with E-state index in [2.05, 4.69) is 0 Å². The Balaban J connectivity index is 1.77. The van der Waals surface area contributed by atoms with E-state index in [4.69, 9.17) is 23.7 Å². The highest BCUT2D eigenvalue weighted by molar-refractivity contribution is 5.16. The average molecular weight is 296 g/mol. The lowest BCUT2D eigenvalue weighted by molar-refractivity contribution is -0.360. The van der Waals surface area contributed by atoms with Crippen LogP contribution in [0.15, 0.2) is 30.3 Å². The van der Waals surface area contributed by atoms with Gasteiger partial charge in [-0.1, -0.05) is 30.3 Å². The number of hydrogen-bond acceptors (Lipinski definition) is 6. The van der Waals surface area contributed by atoms with E-state index in [0.29, 0.717) is 6.61 Å². The van der Waals surface area contributed by atoms with Crippen LogP contribution in [-0.2, 0) is 23.7 Å². The number of rotatable bonds is 3. The molecule has 1 aromatic carbocycles. The van der Waals surface area contributed by atoms with Crippen molar-refractivity contribution in [2.45, 2.75) is 37.0 Å². The van der Waals surface area contributed by atoms with Crippen molar-refractivity contribution in [1.29, 1.82) is 0 Å². The van der Waals surface area contributed by atoms with Gasteiger partial charge in [-0.15, -0.1) is 0 Å². The number of ether oxygens (including phenoxy) is 5. The van der Waals surface area contributed by atoms with E-state index < -0.39 is 30.9 Å². The smallest absolute Gasteiger partial charge is 0.186 e. The molecule has 0 radical (unpaired) electrons. The molecule has 2 aliphatic heterocycles. The van der Waals surface area contributed by atoms with Crippen molar-refractivity contribution in [3.8, 4) is 0 Å². The molecule has 3 rings (SSSR count). The van der Waals surface area contributed by atoms with Gasteiger partial charge in [0.1, 0.15) is 24.4 Å². The zero-order valence-corrected chi connectivity index (χ0v) is 12.0. The Labute approximate surface area is 123 Å². The molecule has 2 saturated heterocycles. The third kappa shape index (κ3) is 2.83. The molecule has 0 saturated carbocycles. The largest absolute Gasteiger partial charge is 0.385 e. The number of aliphatic hydroxyl groups is 1. The number of aliphatic hydroxyl groups excluding tert-OH is 1. The van der Waals surface area contributed by atoms with Crippen molar-refractivity contribution in [1.82, 2.24) is 0 Å². The van der Waals surface area contributed by atoms with Gasteiger partial charge in [-0.2, -0.15) is 0 Å². The number of fused-ring (bicyclic) bond motifs is 1. The van der Waals surface area contributed by atoms with E-state index in [9.17, 15) is 5.11 Å². The van der Waals surface area contributed by atoms with Gasteiger partial charge in [0.2, 0.25) is 0 Å². The van der Waals surface area contributed by atoms with Crippen LogP contribution in [0.25, 0.3) is 0 Å². The first-order valence-corrected chi connectivity index (χ1v) is 6.95. The van der Waals surface area contributed by atoms with Crippen molar-refractivity contribution in [3.05, 3.63) is 35.9 Å². The maximum Gasteiger partial charge on any atom is 0.186 e. The molecule has 1 aromatic rings. The number of methoxy groups -OCH3 is 2. The van der Waals surface area contributed by atoms with Gasteiger partial charge < -0.3 is 28.8 Å². The Bertz CT molecular complexity index is 453. The highest BCUT2D eigenvalue weighted by Gasteiger charge is 2.49. The van der Waals surface area contributed by atoms with Gasteiger partial charge in [0, 0.05) is 19.8 Å². The Morgan fingerprint density at radius 1 is 1.10 bits per heavy atom. The fourth-order valence-electron chi connectivity index (χ4n) is 2.81. The highest BCUT2D eigenvalue weighted by Crippen LogP contribution is 2.35. The normalized spacial score (nSPS) is 39.8. The van der Waals surface area contributed by atoms with Crippen molar-refractivity contribution >= 4 is 0 Å². The second kappa shape index (κ2) is 6.39. The third-order valence-electron chi connectivity index (χ3n) is 3.88. The first-order valence-electron chi connectivity index (χ1n) is 6.95. The monoisotopic (exact) mass is 296 g/mol. The molecular formula is C15H20O6. The predicted molar refractivity (Wildman–Crippen MR) is 72.5 cm³/mol. The summed E-state index contributed by atoms with van der Waals surface area (Å²) >= 11 is 0. The zero-order valence-electron chi connectivity index (χ0n) is 12.0. The van der Waals surface area contributed by atoms with Crippen LogP contribution in [0, 0.1) is 0 Å². The maximum absolute atomic E-state index is 10.2. The van der Waals surface area contributed by atoms with Gasteiger partial charge in [0.05, 0.1) is 6.61 Å². The molecule has 0 unspecified atom stereocenters. The molecule has 2 aliphatic rings. The summed E-state index contributed by atoms with van der Waals surface area (Å²) in [4.78, 5) is 0.